The van der Waals surface area contributed by atoms with E-state index in [-0.39, 0.29) is 113 Å². The third-order valence-corrected chi connectivity index (χ3v) is 8.63. The molecule has 0 spiro atoms. The van der Waals surface area contributed by atoms with Gasteiger partial charge in [-0.25, -0.2) is 4.39 Å². The maximum atomic E-state index is 15.6. The van der Waals surface area contributed by atoms with Crippen LogP contribution in [0.5, 0.6) is 0 Å². The minimum absolute atomic E-state index is 0. The van der Waals surface area contributed by atoms with Crippen molar-refractivity contribution < 1.29 is 132 Å². The van der Waals surface area contributed by atoms with Gasteiger partial charge in [0.1, 0.15) is 29.6 Å². The van der Waals surface area contributed by atoms with Crippen molar-refractivity contribution in [3.63, 3.8) is 0 Å². The summed E-state index contributed by atoms with van der Waals surface area (Å²) in [5.41, 5.74) is -6.67. The quantitative estimate of drug-likeness (QED) is 0.217. The number of aliphatic hydroxyl groups is 4. The number of carbonyl (C=O) groups excluding carboxylic acids is 2. The molecule has 0 aromatic rings. The Balaban J connectivity index is 0.00000193. The average molecular weight is 896 g/mol. The second-order valence-corrected chi connectivity index (χ2v) is 10.4. The van der Waals surface area contributed by atoms with Gasteiger partial charge in [-0.1, -0.05) is 13.8 Å². The van der Waals surface area contributed by atoms with Crippen molar-refractivity contribution in [1.29, 1.82) is 0 Å². The Morgan fingerprint density at radius 1 is 1.18 bits per heavy atom. The maximum Gasteiger partial charge on any atom is 0.303 e. The fourth-order valence-electron chi connectivity index (χ4n) is 6.65. The van der Waals surface area contributed by atoms with E-state index in [4.69, 9.17) is 9.47 Å². The molecule has 1 heterocycles. The molecule has 2 radical (unpaired) electrons. The Labute approximate surface area is 264 Å². The van der Waals surface area contributed by atoms with Crippen molar-refractivity contribution in [3.05, 3.63) is 11.1 Å². The van der Waals surface area contributed by atoms with Crippen molar-refractivity contribution in [2.45, 2.75) is 89.2 Å². The van der Waals surface area contributed by atoms with Crippen LogP contribution in [0.2, 0.25) is 0 Å². The number of fused-ring (bicyclic) bond motifs is 5. The molecule has 11 heteroatoms. The molecule has 9 atom stereocenters. The zero-order chi connectivity index (χ0) is 23.3. The number of carbonyl (C=O) groups is 2. The van der Waals surface area contributed by atoms with Gasteiger partial charge in [0, 0.05) is 119 Å². The molecule has 1 saturated heterocycles. The predicted molar refractivity (Wildman–Crippen MR) is 104 cm³/mol. The van der Waals surface area contributed by atoms with Crippen LogP contribution in [0, 0.1) is 105 Å². The molecule has 4 rings (SSSR count). The zero-order valence-electron chi connectivity index (χ0n) is 19.5. The van der Waals surface area contributed by atoms with Gasteiger partial charge in [0.05, 0.1) is 24.2 Å². The third-order valence-electron chi connectivity index (χ3n) is 8.63. The van der Waals surface area contributed by atoms with Crippen molar-refractivity contribution in [2.24, 2.45) is 16.7 Å². The molecule has 1 aliphatic heterocycles. The van der Waals surface area contributed by atoms with Gasteiger partial charge >= 0.3 is 5.97 Å². The second kappa shape index (κ2) is 9.66. The Kier molecular flexibility index (Phi) is 8.99. The third kappa shape index (κ3) is 3.97. The molecule has 4 aliphatic rings. The first-order valence-corrected chi connectivity index (χ1v) is 10.6. The maximum absolute atomic E-state index is 15.6. The Morgan fingerprint density at radius 3 is 2.24 bits per heavy atom. The van der Waals surface area contributed by atoms with E-state index in [1.54, 1.807) is 20.8 Å². The van der Waals surface area contributed by atoms with Crippen LogP contribution in [0.1, 0.15) is 47.5 Å². The van der Waals surface area contributed by atoms with E-state index in [0.29, 0.717) is 5.57 Å². The van der Waals surface area contributed by atoms with Crippen LogP contribution >= 0.6 is 0 Å². The van der Waals surface area contributed by atoms with Crippen LogP contribution in [0.25, 0.3) is 0 Å². The molecule has 0 aromatic heterocycles. The minimum Gasteiger partial charge on any atom is -0.459 e. The number of Topliss-reactive ketones (excluding diaryl/α,β-unsaturated/α-hetero) is 1. The van der Waals surface area contributed by atoms with Crippen LogP contribution in [0.15, 0.2) is 11.1 Å². The Bertz CT molecular complexity index is 880. The number of halogens is 1. The summed E-state index contributed by atoms with van der Waals surface area (Å²) >= 11 is 0. The van der Waals surface area contributed by atoms with Gasteiger partial charge in [0.15, 0.2) is 5.78 Å². The van der Waals surface area contributed by atoms with Crippen molar-refractivity contribution >= 4 is 11.8 Å². The minimum atomic E-state index is -2.01. The van der Waals surface area contributed by atoms with E-state index in [1.807, 2.05) is 0 Å². The van der Waals surface area contributed by atoms with Gasteiger partial charge in [-0.15, -0.1) is 0 Å². The van der Waals surface area contributed by atoms with Gasteiger partial charge < -0.3 is 29.9 Å². The van der Waals surface area contributed by atoms with Gasteiger partial charge in [0.25, 0.3) is 0 Å². The van der Waals surface area contributed by atoms with Gasteiger partial charge in [0.2, 0.25) is 0 Å². The summed E-state index contributed by atoms with van der Waals surface area (Å²) in [6.45, 7) is 6.92. The zero-order valence-corrected chi connectivity index (χ0v) is 29.0. The van der Waals surface area contributed by atoms with Crippen LogP contribution in [0.4, 0.5) is 4.39 Å². The molecule has 2 unspecified atom stereocenters. The smallest absolute Gasteiger partial charge is 0.303 e. The van der Waals surface area contributed by atoms with Crippen molar-refractivity contribution in [2.75, 3.05) is 6.61 Å². The van der Waals surface area contributed by atoms with E-state index in [2.05, 4.69) is 0 Å². The molecule has 3 aliphatic carbocycles. The standard InChI is InChI=1S/C22H31FO8.2Ac/c1-9-11(25)7-22(29)18(31-10(2)24)16-20(5,12(23)6-13-21(16,28)8-30-13)17(27)15(26)14(9)19(22,3)4;;/h11-13,15-16,18,25-26,28-29H,6-8H2,1-5H3;;/t11-,12?,13+,15+,16?,18-,20+,21-,22+;;/m0../s1. The summed E-state index contributed by atoms with van der Waals surface area (Å²) in [6.07, 6.45) is -7.88. The summed E-state index contributed by atoms with van der Waals surface area (Å²) < 4.78 is 26.6. The number of hydrogen-bond acceptors (Lipinski definition) is 8. The first-order chi connectivity index (χ1) is 14.1. The van der Waals surface area contributed by atoms with E-state index >= 15 is 4.39 Å². The molecule has 0 aromatic carbocycles. The van der Waals surface area contributed by atoms with Crippen LogP contribution in [0.3, 0.4) is 0 Å². The van der Waals surface area contributed by atoms with Crippen molar-refractivity contribution in [3.8, 4) is 0 Å². The van der Waals surface area contributed by atoms with Gasteiger partial charge in [-0.3, -0.25) is 9.59 Å². The summed E-state index contributed by atoms with van der Waals surface area (Å²) in [4.78, 5) is 25.8. The largest absolute Gasteiger partial charge is 0.459 e. The van der Waals surface area contributed by atoms with Crippen LogP contribution in [-0.2, 0) is 19.1 Å². The molecule has 0 amide bonds. The Morgan fingerprint density at radius 2 is 1.76 bits per heavy atom. The molecule has 4 N–H and O–H groups in total. The summed E-state index contributed by atoms with van der Waals surface area (Å²) in [7, 11) is 0. The average Bonchev–Trinajstić information content (AvgIpc) is 2.66. The van der Waals surface area contributed by atoms with Crippen LogP contribution < -0.4 is 0 Å². The van der Waals surface area contributed by atoms with E-state index < -0.39 is 70.3 Å². The fourth-order valence-corrected chi connectivity index (χ4v) is 6.65. The number of rotatable bonds is 1. The number of hydrogen-bond donors (Lipinski definition) is 4. The molecular formula is C22H31Ac2FO8. The topological polar surface area (TPSA) is 134 Å². The van der Waals surface area contributed by atoms with E-state index in [1.165, 1.54) is 6.92 Å². The normalized spacial score (nSPS) is 48.0. The number of ether oxygens (including phenoxy) is 2. The first kappa shape index (κ1) is 30.7. The molecule has 2 saturated carbocycles. The molecule has 180 valence electrons. The number of esters is 1. The molecule has 2 bridgehead atoms. The molecule has 8 nitrogen and oxygen atoms in total. The summed E-state index contributed by atoms with van der Waals surface area (Å²) in [6, 6.07) is 0. The number of aliphatic hydroxyl groups excluding tert-OH is 2. The van der Waals surface area contributed by atoms with Gasteiger partial charge in [-0.05, 0) is 25.0 Å². The Hall–Kier alpha value is 1.49. The fraction of sp³-hybridized carbons (Fsp3) is 0.818. The second-order valence-electron chi connectivity index (χ2n) is 10.4. The van der Waals surface area contributed by atoms with Crippen LogP contribution in [-0.4, -0.2) is 80.6 Å². The monoisotopic (exact) mass is 896 g/mol. The van der Waals surface area contributed by atoms with Gasteiger partial charge in [-0.2, -0.15) is 0 Å². The predicted octanol–water partition coefficient (Wildman–Crippen LogP) is 0.194. The van der Waals surface area contributed by atoms with E-state index in [9.17, 15) is 30.0 Å². The summed E-state index contributed by atoms with van der Waals surface area (Å²) in [5, 5.41) is 45.4. The van der Waals surface area contributed by atoms with Crippen molar-refractivity contribution in [1.82, 2.24) is 0 Å². The molecule has 3 fully saturated rings. The summed E-state index contributed by atoms with van der Waals surface area (Å²) in [5.74, 6) is -3.06. The number of ketones is 1. The molecule has 33 heavy (non-hydrogen) atoms. The SMILES string of the molecule is CC(=O)O[C@H]1C2[C@](C)(C(=O)[C@H](O)C3=C(C)[C@@H](O)C[C@]1(O)C3(C)C)C(F)C[C@H]1OC[C@@]21O.[Ac].[Ac]. The number of alkyl halides is 1. The first-order valence-electron chi connectivity index (χ1n) is 10.6. The van der Waals surface area contributed by atoms with E-state index in [0.717, 1.165) is 6.92 Å². The molecular weight excluding hydrogens is 865 g/mol.